The molecule has 0 rings (SSSR count). The van der Waals surface area contributed by atoms with Crippen molar-refractivity contribution in [1.82, 2.24) is 0 Å². The van der Waals surface area contributed by atoms with E-state index < -0.39 is 18.1 Å². The van der Waals surface area contributed by atoms with Gasteiger partial charge in [0, 0.05) is 0 Å². The maximum absolute atomic E-state index is 8.93. The molecule has 0 bridgehead atoms. The maximum Gasteiger partial charge on any atom is 3.00 e. The summed E-state index contributed by atoms with van der Waals surface area (Å²) in [4.78, 5) is 26.2. The summed E-state index contributed by atoms with van der Waals surface area (Å²) < 4.78 is 0. The molecule has 2 N–H and O–H groups in total. The van der Waals surface area contributed by atoms with Crippen LogP contribution >= 0.6 is 0 Å². The van der Waals surface area contributed by atoms with Gasteiger partial charge in [0.05, 0.1) is 11.9 Å². The fourth-order valence-electron chi connectivity index (χ4n) is 0. The van der Waals surface area contributed by atoms with E-state index in [0.717, 1.165) is 0 Å². The Bertz CT molecular complexity index is 141. The van der Waals surface area contributed by atoms with Crippen LogP contribution in [0, 0.1) is 38.2 Å². The topological polar surface area (TPSA) is 175 Å². The predicted octanol–water partition coefficient (Wildman–Crippen LogP) is -9.78. The molecule has 1 radical (unpaired) electrons. The first-order valence-electron chi connectivity index (χ1n) is 1.68. The molecule has 0 aromatic carbocycles. The molecule has 0 spiro atoms. The van der Waals surface area contributed by atoms with Crippen molar-refractivity contribution in [3.8, 4) is 0 Å². The second-order valence-electron chi connectivity index (χ2n) is 0.825. The van der Waals surface area contributed by atoms with Crippen molar-refractivity contribution >= 4 is 18.1 Å². The number of carbonyl (C=O) groups excluding carboxylic acids is 3. The molecule has 0 saturated heterocycles. The summed E-state index contributed by atoms with van der Waals surface area (Å²) in [5.74, 6) is -4.37. The van der Waals surface area contributed by atoms with E-state index in [0.29, 0.717) is 0 Å². The number of hydrogen-bond acceptors (Lipinski definition) is 7. The minimum atomic E-state index is -2.33. The van der Waals surface area contributed by atoms with Gasteiger partial charge in [0.1, 0.15) is 0 Å². The van der Waals surface area contributed by atoms with Gasteiger partial charge < -0.3 is 40.3 Å². The molecule has 0 aromatic heterocycles. The van der Waals surface area contributed by atoms with E-state index in [1.54, 1.807) is 0 Å². The Morgan fingerprint density at radius 2 is 0.846 bits per heavy atom. The van der Waals surface area contributed by atoms with Crippen LogP contribution in [0.15, 0.2) is 0 Å². The average molecular weight is 352 g/mol. The van der Waals surface area contributed by atoms with Crippen LogP contribution in [0.25, 0.3) is 0 Å². The first kappa shape index (κ1) is 29.2. The van der Waals surface area contributed by atoms with E-state index in [9.17, 15) is 0 Å². The Labute approximate surface area is 125 Å². The number of rotatable bonds is 0. The predicted molar refractivity (Wildman–Crippen MR) is 19.0 cm³/mol. The van der Waals surface area contributed by atoms with Crippen molar-refractivity contribution in [3.63, 3.8) is 0 Å². The molecule has 8 nitrogen and oxygen atoms in total. The monoisotopic (exact) mass is 353 g/mol. The third-order valence-corrected chi connectivity index (χ3v) is 0.167. The normalized spacial score (nSPS) is 5.23. The van der Waals surface area contributed by atoms with Crippen molar-refractivity contribution in [1.29, 1.82) is 0 Å². The zero-order valence-corrected chi connectivity index (χ0v) is 10.2. The van der Waals surface area contributed by atoms with Gasteiger partial charge >= 0.3 is 67.7 Å². The standard InChI is InChI=1S/C2H2O4.CH2O3.Dy.Na.H2O/c3-1(4)2(5)6;2-1(3)4;;;/h(H,3,4)(H,5,6);(H2,2,3,4);;;1H2/q;;+3;+1;/p-4. The van der Waals surface area contributed by atoms with Gasteiger partial charge in [-0.15, -0.1) is 0 Å². The van der Waals surface area contributed by atoms with Crippen molar-refractivity contribution < 1.29 is 108 Å². The molecule has 0 aliphatic carbocycles. The van der Waals surface area contributed by atoms with Gasteiger partial charge in [-0.1, -0.05) is 0 Å². The number of carboxylic acids is 2. The van der Waals surface area contributed by atoms with E-state index >= 15 is 0 Å². The summed E-state index contributed by atoms with van der Waals surface area (Å²) in [6.07, 6.45) is -2.33. The van der Waals surface area contributed by atoms with Crippen LogP contribution in [0.1, 0.15) is 0 Å². The van der Waals surface area contributed by atoms with Gasteiger partial charge in [0.2, 0.25) is 0 Å². The van der Waals surface area contributed by atoms with E-state index in [1.165, 1.54) is 0 Å². The van der Waals surface area contributed by atoms with Gasteiger partial charge in [0.25, 0.3) is 0 Å². The van der Waals surface area contributed by atoms with Crippen molar-refractivity contribution in [2.24, 2.45) is 0 Å². The summed E-state index contributed by atoms with van der Waals surface area (Å²) in [5.41, 5.74) is 0. The maximum atomic E-state index is 8.93. The molecule has 13 heavy (non-hydrogen) atoms. The molecule has 0 fully saturated rings. The van der Waals surface area contributed by atoms with Crippen LogP contribution in [0.3, 0.4) is 0 Å². The van der Waals surface area contributed by atoms with Crippen LogP contribution in [-0.2, 0) is 9.59 Å². The number of carbonyl (C=O) groups is 3. The quantitative estimate of drug-likeness (QED) is 0.307. The molecular weight excluding hydrogens is 350 g/mol. The zero-order chi connectivity index (χ0) is 8.73. The number of carboxylic acid groups (broad SMARTS) is 4. The molecule has 0 aromatic rings. The number of hydrogen-bond donors (Lipinski definition) is 0. The largest absolute Gasteiger partial charge is 3.00 e. The molecule has 0 saturated carbocycles. The summed E-state index contributed by atoms with van der Waals surface area (Å²) in [6, 6.07) is 0. The third-order valence-electron chi connectivity index (χ3n) is 0.167. The van der Waals surface area contributed by atoms with Crippen molar-refractivity contribution in [2.45, 2.75) is 0 Å². The summed E-state index contributed by atoms with van der Waals surface area (Å²) >= 11 is 0. The molecule has 0 unspecified atom stereocenters. The zero-order valence-electron chi connectivity index (χ0n) is 6.17. The Morgan fingerprint density at radius 1 is 0.769 bits per heavy atom. The number of aliphatic carboxylic acids is 2. The summed E-state index contributed by atoms with van der Waals surface area (Å²) in [5, 5.41) is 34.5. The van der Waals surface area contributed by atoms with E-state index in [4.69, 9.17) is 34.8 Å². The smallest absolute Gasteiger partial charge is 0.652 e. The van der Waals surface area contributed by atoms with Gasteiger partial charge in [-0.3, -0.25) is 0 Å². The molecule has 0 atom stereocenters. The third kappa shape index (κ3) is 68.7. The summed E-state index contributed by atoms with van der Waals surface area (Å²) in [6.45, 7) is 0. The fraction of sp³-hybridized carbons (Fsp3) is 0. The fourth-order valence-corrected chi connectivity index (χ4v) is 0. The molecule has 0 heterocycles. The van der Waals surface area contributed by atoms with E-state index in [2.05, 4.69) is 0 Å². The van der Waals surface area contributed by atoms with Crippen LogP contribution in [-0.4, -0.2) is 23.6 Å². The molecule has 0 aliphatic heterocycles. The molecular formula is C3H2DyNaO8. The van der Waals surface area contributed by atoms with E-state index in [-0.39, 0.29) is 73.2 Å². The molecule has 0 amide bonds. The second kappa shape index (κ2) is 18.3. The SMILES string of the molecule is O.O=C([O-])C(=O)[O-].O=C([O-])[O-].[Dy+3].[Na+]. The Morgan fingerprint density at radius 3 is 0.846 bits per heavy atom. The van der Waals surface area contributed by atoms with Gasteiger partial charge in [0.15, 0.2) is 0 Å². The minimum absolute atomic E-state index is 0. The Balaban J connectivity index is -0.0000000279. The van der Waals surface area contributed by atoms with Crippen LogP contribution in [0.2, 0.25) is 0 Å². The van der Waals surface area contributed by atoms with Crippen LogP contribution in [0.4, 0.5) is 4.79 Å². The molecule has 0 aliphatic rings. The van der Waals surface area contributed by atoms with Gasteiger partial charge in [-0.05, 0) is 6.16 Å². The minimum Gasteiger partial charge on any atom is -0.652 e. The second-order valence-corrected chi connectivity index (χ2v) is 0.825. The molecule has 73 valence electrons. The van der Waals surface area contributed by atoms with Crippen molar-refractivity contribution in [3.05, 3.63) is 0 Å². The average Bonchev–Trinajstić information content (AvgIpc) is 1.63. The van der Waals surface area contributed by atoms with Crippen LogP contribution < -0.4 is 50.0 Å². The Hall–Kier alpha value is 0.443. The first-order chi connectivity index (χ1) is 4.37. The summed E-state index contributed by atoms with van der Waals surface area (Å²) in [7, 11) is 0. The van der Waals surface area contributed by atoms with Crippen molar-refractivity contribution in [2.75, 3.05) is 0 Å². The van der Waals surface area contributed by atoms with E-state index in [1.807, 2.05) is 0 Å². The Kier molecular flexibility index (Phi) is 41.0. The van der Waals surface area contributed by atoms with Gasteiger partial charge in [-0.2, -0.15) is 0 Å². The first-order valence-corrected chi connectivity index (χ1v) is 1.68. The van der Waals surface area contributed by atoms with Crippen LogP contribution in [0.5, 0.6) is 0 Å². The molecule has 10 heteroatoms. The van der Waals surface area contributed by atoms with Gasteiger partial charge in [-0.25, -0.2) is 0 Å².